The number of amides is 1. The molecule has 2 aliphatic heterocycles. The molecule has 2 heterocycles. The maximum atomic E-state index is 13.5. The molecular formula is C15H19ClFN3O. The fourth-order valence-corrected chi connectivity index (χ4v) is 3.12. The van der Waals surface area contributed by atoms with Gasteiger partial charge in [-0.05, 0) is 44.0 Å². The molecule has 2 aliphatic rings. The Morgan fingerprint density at radius 1 is 1.43 bits per heavy atom. The van der Waals surface area contributed by atoms with Gasteiger partial charge >= 0.3 is 0 Å². The van der Waals surface area contributed by atoms with Crippen molar-refractivity contribution in [2.24, 2.45) is 0 Å². The van der Waals surface area contributed by atoms with Crippen LogP contribution in [0.15, 0.2) is 18.2 Å². The Kier molecular flexibility index (Phi) is 4.31. The van der Waals surface area contributed by atoms with Gasteiger partial charge in [-0.2, -0.15) is 0 Å². The number of benzene rings is 1. The normalized spacial score (nSPS) is 25.3. The van der Waals surface area contributed by atoms with E-state index in [-0.39, 0.29) is 23.0 Å². The highest BCUT2D eigenvalue weighted by Gasteiger charge is 2.28. The highest BCUT2D eigenvalue weighted by Crippen LogP contribution is 2.25. The molecule has 6 heteroatoms. The molecule has 21 heavy (non-hydrogen) atoms. The van der Waals surface area contributed by atoms with Crippen LogP contribution in [0.3, 0.4) is 0 Å². The summed E-state index contributed by atoms with van der Waals surface area (Å²) in [6, 6.07) is 4.91. The molecule has 4 nitrogen and oxygen atoms in total. The highest BCUT2D eigenvalue weighted by molar-refractivity contribution is 6.30. The van der Waals surface area contributed by atoms with E-state index in [9.17, 15) is 9.18 Å². The standard InChI is InChI=1S/C15H19ClFN3O/c16-12-4-3-11(8-13(12)17)20-7-5-10(9-20)19-15(21)14-2-1-6-18-14/h3-4,8,10,14,18H,1-2,5-7,9H2,(H,19,21). The summed E-state index contributed by atoms with van der Waals surface area (Å²) >= 11 is 5.70. The van der Waals surface area contributed by atoms with E-state index in [0.29, 0.717) is 6.54 Å². The van der Waals surface area contributed by atoms with Crippen LogP contribution in [-0.2, 0) is 4.79 Å². The van der Waals surface area contributed by atoms with E-state index in [1.165, 1.54) is 6.07 Å². The van der Waals surface area contributed by atoms with Crippen LogP contribution in [0.1, 0.15) is 19.3 Å². The summed E-state index contributed by atoms with van der Waals surface area (Å²) in [5.74, 6) is -0.321. The third kappa shape index (κ3) is 3.30. The first-order valence-electron chi connectivity index (χ1n) is 7.37. The molecule has 1 aromatic carbocycles. The van der Waals surface area contributed by atoms with Crippen molar-refractivity contribution in [1.82, 2.24) is 10.6 Å². The molecule has 0 aromatic heterocycles. The number of hydrogen-bond acceptors (Lipinski definition) is 3. The zero-order valence-corrected chi connectivity index (χ0v) is 12.5. The topological polar surface area (TPSA) is 44.4 Å². The number of nitrogens with one attached hydrogen (secondary N) is 2. The number of halogens is 2. The number of carbonyl (C=O) groups excluding carboxylic acids is 1. The SMILES string of the molecule is O=C(NC1CCN(c2ccc(Cl)c(F)c2)C1)C1CCCN1. The van der Waals surface area contributed by atoms with Crippen LogP contribution < -0.4 is 15.5 Å². The van der Waals surface area contributed by atoms with Crippen molar-refractivity contribution in [2.45, 2.75) is 31.3 Å². The second-order valence-electron chi connectivity index (χ2n) is 5.69. The summed E-state index contributed by atoms with van der Waals surface area (Å²) in [6.45, 7) is 2.43. The van der Waals surface area contributed by atoms with Crippen molar-refractivity contribution in [3.8, 4) is 0 Å². The Morgan fingerprint density at radius 3 is 3.00 bits per heavy atom. The molecule has 2 N–H and O–H groups in total. The Labute approximate surface area is 128 Å². The minimum absolute atomic E-state index is 0.0490. The van der Waals surface area contributed by atoms with Gasteiger partial charge in [-0.1, -0.05) is 11.6 Å². The van der Waals surface area contributed by atoms with Crippen molar-refractivity contribution in [3.63, 3.8) is 0 Å². The Morgan fingerprint density at radius 2 is 2.29 bits per heavy atom. The summed E-state index contributed by atoms with van der Waals surface area (Å²) in [5.41, 5.74) is 0.813. The van der Waals surface area contributed by atoms with Gasteiger partial charge in [0.25, 0.3) is 0 Å². The van der Waals surface area contributed by atoms with Crippen LogP contribution in [0.5, 0.6) is 0 Å². The average molecular weight is 312 g/mol. The Bertz CT molecular complexity index is 534. The van der Waals surface area contributed by atoms with Crippen LogP contribution in [0.25, 0.3) is 0 Å². The Hall–Kier alpha value is -1.33. The smallest absolute Gasteiger partial charge is 0.237 e. The molecule has 2 atom stereocenters. The maximum absolute atomic E-state index is 13.5. The first-order valence-corrected chi connectivity index (χ1v) is 7.75. The zero-order valence-electron chi connectivity index (χ0n) is 11.7. The molecule has 0 spiro atoms. The zero-order chi connectivity index (χ0) is 14.8. The lowest BCUT2D eigenvalue weighted by molar-refractivity contribution is -0.123. The van der Waals surface area contributed by atoms with E-state index < -0.39 is 5.82 Å². The van der Waals surface area contributed by atoms with E-state index >= 15 is 0 Å². The van der Waals surface area contributed by atoms with Gasteiger partial charge in [0.2, 0.25) is 5.91 Å². The van der Waals surface area contributed by atoms with Crippen LogP contribution in [0.4, 0.5) is 10.1 Å². The molecule has 2 fully saturated rings. The van der Waals surface area contributed by atoms with Crippen molar-refractivity contribution < 1.29 is 9.18 Å². The first kappa shape index (κ1) is 14.6. The minimum atomic E-state index is -0.406. The van der Waals surface area contributed by atoms with Crippen molar-refractivity contribution >= 4 is 23.2 Å². The predicted molar refractivity (Wildman–Crippen MR) is 81.2 cm³/mol. The molecule has 114 valence electrons. The van der Waals surface area contributed by atoms with Crippen molar-refractivity contribution in [2.75, 3.05) is 24.5 Å². The number of carbonyl (C=O) groups is 1. The number of nitrogens with zero attached hydrogens (tertiary/aromatic N) is 1. The number of hydrogen-bond donors (Lipinski definition) is 2. The van der Waals surface area contributed by atoms with Gasteiger partial charge in [-0.3, -0.25) is 4.79 Å². The minimum Gasteiger partial charge on any atom is -0.369 e. The van der Waals surface area contributed by atoms with Gasteiger partial charge in [-0.15, -0.1) is 0 Å². The summed E-state index contributed by atoms with van der Waals surface area (Å²) in [7, 11) is 0. The maximum Gasteiger partial charge on any atom is 0.237 e. The largest absolute Gasteiger partial charge is 0.369 e. The van der Waals surface area contributed by atoms with E-state index in [4.69, 9.17) is 11.6 Å². The molecule has 0 aliphatic carbocycles. The second-order valence-corrected chi connectivity index (χ2v) is 6.09. The lowest BCUT2D eigenvalue weighted by Gasteiger charge is -2.20. The van der Waals surface area contributed by atoms with Gasteiger partial charge in [0.1, 0.15) is 5.82 Å². The third-order valence-electron chi connectivity index (χ3n) is 4.18. The quantitative estimate of drug-likeness (QED) is 0.896. The third-order valence-corrected chi connectivity index (χ3v) is 4.49. The molecule has 0 bridgehead atoms. The molecular weight excluding hydrogens is 293 g/mol. The summed E-state index contributed by atoms with van der Waals surface area (Å²) in [5, 5.41) is 6.41. The molecule has 0 saturated carbocycles. The lowest BCUT2D eigenvalue weighted by Crippen LogP contribution is -2.46. The van der Waals surface area contributed by atoms with E-state index in [2.05, 4.69) is 15.5 Å². The molecule has 3 rings (SSSR count). The highest BCUT2D eigenvalue weighted by atomic mass is 35.5. The molecule has 0 radical (unpaired) electrons. The van der Waals surface area contributed by atoms with Crippen molar-refractivity contribution in [1.29, 1.82) is 0 Å². The second kappa shape index (κ2) is 6.20. The fraction of sp³-hybridized carbons (Fsp3) is 0.533. The summed E-state index contributed by atoms with van der Waals surface area (Å²) < 4.78 is 13.5. The molecule has 1 aromatic rings. The monoisotopic (exact) mass is 311 g/mol. The van der Waals surface area contributed by atoms with Gasteiger partial charge in [0, 0.05) is 24.8 Å². The van der Waals surface area contributed by atoms with Gasteiger partial charge in [-0.25, -0.2) is 4.39 Å². The molecule has 2 unspecified atom stereocenters. The molecule has 2 saturated heterocycles. The van der Waals surface area contributed by atoms with E-state index in [1.54, 1.807) is 6.07 Å². The van der Waals surface area contributed by atoms with Crippen LogP contribution in [0.2, 0.25) is 5.02 Å². The average Bonchev–Trinajstić information content (AvgIpc) is 3.12. The van der Waals surface area contributed by atoms with Gasteiger partial charge in [0.15, 0.2) is 0 Å². The predicted octanol–water partition coefficient (Wildman–Crippen LogP) is 1.93. The summed E-state index contributed by atoms with van der Waals surface area (Å²) in [4.78, 5) is 14.1. The summed E-state index contributed by atoms with van der Waals surface area (Å²) in [6.07, 6.45) is 2.84. The van der Waals surface area contributed by atoms with E-state index in [1.807, 2.05) is 6.07 Å². The van der Waals surface area contributed by atoms with Gasteiger partial charge in [0.05, 0.1) is 11.1 Å². The first-order chi connectivity index (χ1) is 10.1. The van der Waals surface area contributed by atoms with Crippen LogP contribution in [-0.4, -0.2) is 37.6 Å². The molecule has 1 amide bonds. The number of rotatable bonds is 3. The fourth-order valence-electron chi connectivity index (χ4n) is 3.00. The van der Waals surface area contributed by atoms with Crippen molar-refractivity contribution in [3.05, 3.63) is 29.0 Å². The Balaban J connectivity index is 1.57. The van der Waals surface area contributed by atoms with Crippen LogP contribution >= 0.6 is 11.6 Å². The number of anilines is 1. The lowest BCUT2D eigenvalue weighted by atomic mass is 10.2. The van der Waals surface area contributed by atoms with E-state index in [0.717, 1.165) is 38.0 Å². The van der Waals surface area contributed by atoms with Crippen LogP contribution in [0, 0.1) is 5.82 Å². The van der Waals surface area contributed by atoms with Gasteiger partial charge < -0.3 is 15.5 Å².